The number of aryl methyl sites for hydroxylation is 1. The van der Waals surface area contributed by atoms with Gasteiger partial charge in [-0.15, -0.1) is 0 Å². The summed E-state index contributed by atoms with van der Waals surface area (Å²) in [6, 6.07) is 0.320. The quantitative estimate of drug-likeness (QED) is 0.655. The maximum atomic E-state index is 11.6. The molecule has 1 saturated carbocycles. The average Bonchev–Trinajstić information content (AvgIpc) is 2.95. The molecular formula is C10H14N4O2. The van der Waals surface area contributed by atoms with E-state index in [1.54, 1.807) is 6.92 Å². The highest BCUT2D eigenvalue weighted by Crippen LogP contribution is 2.18. The third-order valence-electron chi connectivity index (χ3n) is 2.43. The van der Waals surface area contributed by atoms with Gasteiger partial charge in [-0.25, -0.2) is 0 Å². The van der Waals surface area contributed by atoms with Crippen LogP contribution in [0.2, 0.25) is 0 Å². The minimum absolute atomic E-state index is 0.0138. The maximum Gasteiger partial charge on any atom is 0.255 e. The Labute approximate surface area is 92.8 Å². The SMILES string of the molecule is Cc1[nH]ncc1C(=O)NCC(=O)NC1CC1. The molecule has 0 bridgehead atoms. The molecule has 0 unspecified atom stereocenters. The summed E-state index contributed by atoms with van der Waals surface area (Å²) in [4.78, 5) is 22.9. The monoisotopic (exact) mass is 222 g/mol. The molecule has 6 heteroatoms. The second kappa shape index (κ2) is 4.34. The number of nitrogens with zero attached hydrogens (tertiary/aromatic N) is 1. The van der Waals surface area contributed by atoms with Crippen molar-refractivity contribution in [3.05, 3.63) is 17.5 Å². The summed E-state index contributed by atoms with van der Waals surface area (Å²) >= 11 is 0. The van der Waals surface area contributed by atoms with E-state index in [9.17, 15) is 9.59 Å². The van der Waals surface area contributed by atoms with Crippen molar-refractivity contribution < 1.29 is 9.59 Å². The molecule has 1 aliphatic rings. The third kappa shape index (κ3) is 2.59. The van der Waals surface area contributed by atoms with Crippen molar-refractivity contribution in [3.8, 4) is 0 Å². The lowest BCUT2D eigenvalue weighted by molar-refractivity contribution is -0.120. The van der Waals surface area contributed by atoms with Crippen molar-refractivity contribution in [2.75, 3.05) is 6.54 Å². The Hall–Kier alpha value is -1.85. The number of amides is 2. The molecule has 0 radical (unpaired) electrons. The van der Waals surface area contributed by atoms with Crippen LogP contribution in [0.15, 0.2) is 6.20 Å². The number of nitrogens with one attached hydrogen (secondary N) is 3. The predicted molar refractivity (Wildman–Crippen MR) is 56.8 cm³/mol. The van der Waals surface area contributed by atoms with E-state index in [-0.39, 0.29) is 18.4 Å². The van der Waals surface area contributed by atoms with E-state index >= 15 is 0 Å². The first-order valence-electron chi connectivity index (χ1n) is 5.24. The van der Waals surface area contributed by atoms with E-state index in [0.29, 0.717) is 17.3 Å². The van der Waals surface area contributed by atoms with Gasteiger partial charge in [-0.2, -0.15) is 5.10 Å². The van der Waals surface area contributed by atoms with Crippen molar-refractivity contribution in [2.45, 2.75) is 25.8 Å². The highest BCUT2D eigenvalue weighted by molar-refractivity contribution is 5.97. The van der Waals surface area contributed by atoms with Crippen LogP contribution in [-0.2, 0) is 4.79 Å². The fourth-order valence-electron chi connectivity index (χ4n) is 1.34. The zero-order valence-electron chi connectivity index (χ0n) is 9.04. The molecule has 1 aromatic heterocycles. The summed E-state index contributed by atoms with van der Waals surface area (Å²) in [5, 5.41) is 11.7. The van der Waals surface area contributed by atoms with Crippen LogP contribution in [0.3, 0.4) is 0 Å². The molecule has 2 amide bonds. The Bertz CT molecular complexity index is 409. The van der Waals surface area contributed by atoms with Crippen molar-refractivity contribution >= 4 is 11.8 Å². The van der Waals surface area contributed by atoms with Gasteiger partial charge in [0, 0.05) is 11.7 Å². The maximum absolute atomic E-state index is 11.6. The number of carbonyl (C=O) groups is 2. The van der Waals surface area contributed by atoms with Gasteiger partial charge in [0.2, 0.25) is 5.91 Å². The molecular weight excluding hydrogens is 208 g/mol. The molecule has 0 aliphatic heterocycles. The highest BCUT2D eigenvalue weighted by atomic mass is 16.2. The molecule has 6 nitrogen and oxygen atoms in total. The second-order valence-corrected chi connectivity index (χ2v) is 3.93. The van der Waals surface area contributed by atoms with Crippen LogP contribution in [0.25, 0.3) is 0 Å². The first kappa shape index (κ1) is 10.7. The minimum atomic E-state index is -0.280. The van der Waals surface area contributed by atoms with Gasteiger partial charge in [-0.05, 0) is 19.8 Å². The van der Waals surface area contributed by atoms with Gasteiger partial charge >= 0.3 is 0 Å². The fourth-order valence-corrected chi connectivity index (χ4v) is 1.34. The van der Waals surface area contributed by atoms with E-state index < -0.39 is 0 Å². The van der Waals surface area contributed by atoms with Crippen LogP contribution in [0.4, 0.5) is 0 Å². The van der Waals surface area contributed by atoms with Crippen molar-refractivity contribution in [2.24, 2.45) is 0 Å². The highest BCUT2D eigenvalue weighted by Gasteiger charge is 2.23. The molecule has 1 fully saturated rings. The van der Waals surface area contributed by atoms with Crippen molar-refractivity contribution in [3.63, 3.8) is 0 Å². The van der Waals surface area contributed by atoms with Gasteiger partial charge in [0.05, 0.1) is 18.3 Å². The number of aromatic amines is 1. The number of aromatic nitrogens is 2. The summed E-state index contributed by atoms with van der Waals surface area (Å²) in [7, 11) is 0. The molecule has 3 N–H and O–H groups in total. The zero-order valence-corrected chi connectivity index (χ0v) is 9.04. The van der Waals surface area contributed by atoms with Crippen LogP contribution < -0.4 is 10.6 Å². The second-order valence-electron chi connectivity index (χ2n) is 3.93. The number of H-pyrrole nitrogens is 1. The van der Waals surface area contributed by atoms with Gasteiger partial charge in [0.15, 0.2) is 0 Å². The largest absolute Gasteiger partial charge is 0.352 e. The zero-order chi connectivity index (χ0) is 11.5. The third-order valence-corrected chi connectivity index (χ3v) is 2.43. The summed E-state index contributed by atoms with van der Waals surface area (Å²) in [6.07, 6.45) is 3.53. The summed E-state index contributed by atoms with van der Waals surface area (Å²) in [5.41, 5.74) is 1.17. The Kier molecular flexibility index (Phi) is 2.89. The van der Waals surface area contributed by atoms with Gasteiger partial charge in [-0.1, -0.05) is 0 Å². The van der Waals surface area contributed by atoms with E-state index in [4.69, 9.17) is 0 Å². The Morgan fingerprint density at radius 2 is 2.31 bits per heavy atom. The first-order valence-corrected chi connectivity index (χ1v) is 5.24. The lowest BCUT2D eigenvalue weighted by atomic mass is 10.2. The topological polar surface area (TPSA) is 86.9 Å². The molecule has 86 valence electrons. The van der Waals surface area contributed by atoms with Gasteiger partial charge in [0.25, 0.3) is 5.91 Å². The van der Waals surface area contributed by atoms with Gasteiger partial charge in [0.1, 0.15) is 0 Å². The lowest BCUT2D eigenvalue weighted by Crippen LogP contribution is -2.37. The predicted octanol–water partition coefficient (Wildman–Crippen LogP) is -0.273. The molecule has 1 heterocycles. The normalized spacial score (nSPS) is 14.6. The van der Waals surface area contributed by atoms with E-state index in [0.717, 1.165) is 12.8 Å². The molecule has 0 saturated heterocycles. The van der Waals surface area contributed by atoms with E-state index in [2.05, 4.69) is 20.8 Å². The summed E-state index contributed by atoms with van der Waals surface area (Å²) < 4.78 is 0. The van der Waals surface area contributed by atoms with E-state index in [1.165, 1.54) is 6.20 Å². The van der Waals surface area contributed by atoms with Crippen LogP contribution >= 0.6 is 0 Å². The lowest BCUT2D eigenvalue weighted by Gasteiger charge is -2.04. The Morgan fingerprint density at radius 1 is 1.56 bits per heavy atom. The summed E-state index contributed by atoms with van der Waals surface area (Å²) in [6.45, 7) is 1.77. The van der Waals surface area contributed by atoms with Crippen LogP contribution in [0, 0.1) is 6.92 Å². The smallest absolute Gasteiger partial charge is 0.255 e. The molecule has 0 aromatic carbocycles. The van der Waals surface area contributed by atoms with Gasteiger partial charge in [-0.3, -0.25) is 14.7 Å². The fraction of sp³-hybridized carbons (Fsp3) is 0.500. The molecule has 1 aromatic rings. The number of hydrogen-bond acceptors (Lipinski definition) is 3. The van der Waals surface area contributed by atoms with Crippen LogP contribution in [0.1, 0.15) is 28.9 Å². The number of hydrogen-bond donors (Lipinski definition) is 3. The Balaban J connectivity index is 1.79. The minimum Gasteiger partial charge on any atom is -0.352 e. The number of rotatable bonds is 4. The van der Waals surface area contributed by atoms with Gasteiger partial charge < -0.3 is 10.6 Å². The van der Waals surface area contributed by atoms with Crippen LogP contribution in [0.5, 0.6) is 0 Å². The average molecular weight is 222 g/mol. The molecule has 16 heavy (non-hydrogen) atoms. The molecule has 0 spiro atoms. The number of carbonyl (C=O) groups excluding carboxylic acids is 2. The molecule has 1 aliphatic carbocycles. The molecule has 2 rings (SSSR count). The summed E-state index contributed by atoms with van der Waals surface area (Å²) in [5.74, 6) is -0.422. The molecule has 0 atom stereocenters. The van der Waals surface area contributed by atoms with Crippen LogP contribution in [-0.4, -0.2) is 34.6 Å². The first-order chi connectivity index (χ1) is 7.66. The van der Waals surface area contributed by atoms with Crippen molar-refractivity contribution in [1.82, 2.24) is 20.8 Å². The standard InChI is InChI=1S/C10H14N4O2/c1-6-8(4-12-14-6)10(16)11-5-9(15)13-7-2-3-7/h4,7H,2-3,5H2,1H3,(H,11,16)(H,12,14)(H,13,15). The van der Waals surface area contributed by atoms with Crippen molar-refractivity contribution in [1.29, 1.82) is 0 Å². The van der Waals surface area contributed by atoms with E-state index in [1.807, 2.05) is 0 Å². The Morgan fingerprint density at radius 3 is 2.88 bits per heavy atom.